The Morgan fingerprint density at radius 1 is 1.12 bits per heavy atom. The zero-order valence-electron chi connectivity index (χ0n) is 10.2. The van der Waals surface area contributed by atoms with E-state index < -0.39 is 0 Å². The van der Waals surface area contributed by atoms with Gasteiger partial charge in [-0.25, -0.2) is 0 Å². The summed E-state index contributed by atoms with van der Waals surface area (Å²) in [6.45, 7) is 1.92. The number of rotatable bonds is 6. The maximum atomic E-state index is 9.68. The number of benzene rings is 1. The molecule has 2 N–H and O–H groups in total. The van der Waals surface area contributed by atoms with E-state index in [1.165, 1.54) is 25.7 Å². The first-order valence-electron chi connectivity index (χ1n) is 6.82. The first-order valence-corrected chi connectivity index (χ1v) is 6.82. The van der Waals surface area contributed by atoms with Crippen molar-refractivity contribution < 1.29 is 5.11 Å². The van der Waals surface area contributed by atoms with Crippen LogP contribution in [0.3, 0.4) is 0 Å². The van der Waals surface area contributed by atoms with Crippen molar-refractivity contribution in [1.29, 1.82) is 0 Å². The number of para-hydroxylation sites is 1. The summed E-state index contributed by atoms with van der Waals surface area (Å²) < 4.78 is 0. The third-order valence-electron chi connectivity index (χ3n) is 4.14. The molecule has 1 aromatic carbocycles. The quantitative estimate of drug-likeness (QED) is 0.789. The van der Waals surface area contributed by atoms with Crippen molar-refractivity contribution in [3.05, 3.63) is 29.8 Å². The molecule has 0 saturated heterocycles. The Hall–Kier alpha value is -1.02. The third kappa shape index (κ3) is 2.81. The van der Waals surface area contributed by atoms with Crippen molar-refractivity contribution in [3.8, 4) is 5.75 Å². The van der Waals surface area contributed by atoms with Crippen molar-refractivity contribution in [1.82, 2.24) is 5.32 Å². The molecular weight excluding hydrogens is 210 g/mol. The molecule has 17 heavy (non-hydrogen) atoms. The van der Waals surface area contributed by atoms with Crippen LogP contribution in [0.2, 0.25) is 0 Å². The second-order valence-corrected chi connectivity index (χ2v) is 5.60. The van der Waals surface area contributed by atoms with Gasteiger partial charge in [-0.2, -0.15) is 0 Å². The highest BCUT2D eigenvalue weighted by molar-refractivity contribution is 5.31. The molecule has 1 aromatic rings. The summed E-state index contributed by atoms with van der Waals surface area (Å²) >= 11 is 0. The van der Waals surface area contributed by atoms with Gasteiger partial charge >= 0.3 is 0 Å². The summed E-state index contributed by atoms with van der Waals surface area (Å²) in [6.07, 6.45) is 5.78. The Labute approximate surface area is 103 Å². The fourth-order valence-corrected chi connectivity index (χ4v) is 2.80. The largest absolute Gasteiger partial charge is 0.508 e. The summed E-state index contributed by atoms with van der Waals surface area (Å²) in [6, 6.07) is 7.61. The number of aromatic hydroxyl groups is 1. The molecule has 0 heterocycles. The standard InChI is InChI=1S/C15H21NO/c17-15-4-2-1-3-13(15)9-16-10-14(11-5-6-11)12-7-8-12/h1-4,11-12,14,16-17H,5-10H2. The molecule has 0 radical (unpaired) electrons. The lowest BCUT2D eigenvalue weighted by Gasteiger charge is -2.16. The Morgan fingerprint density at radius 3 is 2.35 bits per heavy atom. The maximum absolute atomic E-state index is 9.68. The summed E-state index contributed by atoms with van der Waals surface area (Å²) in [5.41, 5.74) is 1.01. The molecule has 2 heteroatoms. The minimum atomic E-state index is 0.411. The zero-order valence-corrected chi connectivity index (χ0v) is 10.2. The molecule has 0 spiro atoms. The number of phenols is 1. The number of nitrogens with one attached hydrogen (secondary N) is 1. The van der Waals surface area contributed by atoms with Crippen LogP contribution in [-0.4, -0.2) is 11.7 Å². The van der Waals surface area contributed by atoms with Gasteiger partial charge in [-0.1, -0.05) is 18.2 Å². The molecule has 0 unspecified atom stereocenters. The Bertz CT molecular complexity index is 370. The van der Waals surface area contributed by atoms with Crippen LogP contribution < -0.4 is 5.32 Å². The second kappa shape index (κ2) is 4.69. The van der Waals surface area contributed by atoms with Crippen LogP contribution in [-0.2, 0) is 6.54 Å². The number of phenolic OH excluding ortho intramolecular Hbond substituents is 1. The average Bonchev–Trinajstić information content (AvgIpc) is 3.18. The minimum absolute atomic E-state index is 0.411. The Balaban J connectivity index is 1.49. The first-order chi connectivity index (χ1) is 8.34. The van der Waals surface area contributed by atoms with Gasteiger partial charge in [-0.05, 0) is 56.0 Å². The topological polar surface area (TPSA) is 32.3 Å². The zero-order chi connectivity index (χ0) is 11.7. The normalized spacial score (nSPS) is 19.8. The smallest absolute Gasteiger partial charge is 0.120 e. The van der Waals surface area contributed by atoms with E-state index in [9.17, 15) is 5.11 Å². The highest BCUT2D eigenvalue weighted by Crippen LogP contribution is 2.48. The van der Waals surface area contributed by atoms with Crippen LogP contribution in [0, 0.1) is 17.8 Å². The van der Waals surface area contributed by atoms with Crippen molar-refractivity contribution in [3.63, 3.8) is 0 Å². The highest BCUT2D eigenvalue weighted by atomic mass is 16.3. The van der Waals surface area contributed by atoms with Gasteiger partial charge in [-0.3, -0.25) is 0 Å². The van der Waals surface area contributed by atoms with E-state index in [2.05, 4.69) is 5.32 Å². The van der Waals surface area contributed by atoms with E-state index in [0.29, 0.717) is 5.75 Å². The van der Waals surface area contributed by atoms with Crippen LogP contribution in [0.25, 0.3) is 0 Å². The van der Waals surface area contributed by atoms with Gasteiger partial charge in [0.25, 0.3) is 0 Å². The molecule has 0 atom stereocenters. The van der Waals surface area contributed by atoms with Crippen LogP contribution in [0.1, 0.15) is 31.2 Å². The van der Waals surface area contributed by atoms with Crippen LogP contribution in [0.4, 0.5) is 0 Å². The molecule has 0 aliphatic heterocycles. The predicted octanol–water partition coefficient (Wildman–Crippen LogP) is 2.92. The third-order valence-corrected chi connectivity index (χ3v) is 4.14. The SMILES string of the molecule is Oc1ccccc1CNCC(C1CC1)C1CC1. The van der Waals surface area contributed by atoms with Crippen LogP contribution in [0.15, 0.2) is 24.3 Å². The molecule has 2 aliphatic carbocycles. The fourth-order valence-electron chi connectivity index (χ4n) is 2.80. The van der Waals surface area contributed by atoms with Gasteiger partial charge in [0.15, 0.2) is 0 Å². The summed E-state index contributed by atoms with van der Waals surface area (Å²) in [4.78, 5) is 0. The van der Waals surface area contributed by atoms with E-state index in [4.69, 9.17) is 0 Å². The predicted molar refractivity (Wildman–Crippen MR) is 68.8 cm³/mol. The van der Waals surface area contributed by atoms with Crippen LogP contribution in [0.5, 0.6) is 5.75 Å². The lowest BCUT2D eigenvalue weighted by atomic mass is 9.98. The molecular formula is C15H21NO. The van der Waals surface area contributed by atoms with Crippen molar-refractivity contribution in [2.75, 3.05) is 6.54 Å². The lowest BCUT2D eigenvalue weighted by molar-refractivity contribution is 0.376. The molecule has 0 bridgehead atoms. The molecule has 0 aromatic heterocycles. The van der Waals surface area contributed by atoms with Gasteiger partial charge in [0.2, 0.25) is 0 Å². The minimum Gasteiger partial charge on any atom is -0.508 e. The summed E-state index contributed by atoms with van der Waals surface area (Å²) in [5, 5.41) is 13.2. The molecule has 2 nitrogen and oxygen atoms in total. The van der Waals surface area contributed by atoms with Gasteiger partial charge in [-0.15, -0.1) is 0 Å². The molecule has 92 valence electrons. The Kier molecular flexibility index (Phi) is 3.06. The highest BCUT2D eigenvalue weighted by Gasteiger charge is 2.40. The van der Waals surface area contributed by atoms with Crippen molar-refractivity contribution >= 4 is 0 Å². The van der Waals surface area contributed by atoms with E-state index in [1.54, 1.807) is 6.07 Å². The molecule has 3 rings (SSSR count). The van der Waals surface area contributed by atoms with Gasteiger partial charge in [0.05, 0.1) is 0 Å². The first kappa shape index (κ1) is 11.1. The monoisotopic (exact) mass is 231 g/mol. The number of hydrogen-bond donors (Lipinski definition) is 2. The second-order valence-electron chi connectivity index (χ2n) is 5.60. The van der Waals surface area contributed by atoms with Crippen LogP contribution >= 0.6 is 0 Å². The Morgan fingerprint density at radius 2 is 1.76 bits per heavy atom. The molecule has 2 fully saturated rings. The van der Waals surface area contributed by atoms with Crippen molar-refractivity contribution in [2.24, 2.45) is 17.8 Å². The van der Waals surface area contributed by atoms with Gasteiger partial charge in [0, 0.05) is 12.1 Å². The fraction of sp³-hybridized carbons (Fsp3) is 0.600. The molecule has 2 aliphatic rings. The molecule has 0 amide bonds. The van der Waals surface area contributed by atoms with Gasteiger partial charge in [0.1, 0.15) is 5.75 Å². The van der Waals surface area contributed by atoms with E-state index in [1.807, 2.05) is 18.2 Å². The maximum Gasteiger partial charge on any atom is 0.120 e. The van der Waals surface area contributed by atoms with E-state index in [-0.39, 0.29) is 0 Å². The molecule has 2 saturated carbocycles. The van der Waals surface area contributed by atoms with Crippen molar-refractivity contribution in [2.45, 2.75) is 32.2 Å². The van der Waals surface area contributed by atoms with E-state index >= 15 is 0 Å². The average molecular weight is 231 g/mol. The number of hydrogen-bond acceptors (Lipinski definition) is 2. The van der Waals surface area contributed by atoms with E-state index in [0.717, 1.165) is 36.4 Å². The van der Waals surface area contributed by atoms with Gasteiger partial charge < -0.3 is 10.4 Å². The lowest BCUT2D eigenvalue weighted by Crippen LogP contribution is -2.25. The summed E-state index contributed by atoms with van der Waals surface area (Å²) in [7, 11) is 0. The summed E-state index contributed by atoms with van der Waals surface area (Å²) in [5.74, 6) is 3.31.